The summed E-state index contributed by atoms with van der Waals surface area (Å²) < 4.78 is 37.8. The van der Waals surface area contributed by atoms with Gasteiger partial charge in [-0.1, -0.05) is 24.3 Å². The van der Waals surface area contributed by atoms with Crippen molar-refractivity contribution in [2.75, 3.05) is 23.7 Å². The number of anilines is 2. The second-order valence-electron chi connectivity index (χ2n) is 7.14. The number of carbonyl (C=O) groups is 1. The summed E-state index contributed by atoms with van der Waals surface area (Å²) in [4.78, 5) is 31.0. The third-order valence-electron chi connectivity index (χ3n) is 4.65. The smallest absolute Gasteiger partial charge is 0.330 e. The number of urea groups is 1. The Morgan fingerprint density at radius 2 is 1.73 bits per heavy atom. The highest BCUT2D eigenvalue weighted by atomic mass is 19.4. The van der Waals surface area contributed by atoms with Gasteiger partial charge >= 0.3 is 12.2 Å². The van der Waals surface area contributed by atoms with Gasteiger partial charge < -0.3 is 16.4 Å². The predicted molar refractivity (Wildman–Crippen MR) is 120 cm³/mol. The van der Waals surface area contributed by atoms with Crippen LogP contribution in [0.3, 0.4) is 0 Å². The minimum Gasteiger partial charge on any atom is -0.330 e. The Bertz CT molecular complexity index is 1130. The van der Waals surface area contributed by atoms with Crippen molar-refractivity contribution in [1.29, 1.82) is 0 Å². The van der Waals surface area contributed by atoms with E-state index in [1.54, 1.807) is 12.1 Å². The maximum absolute atomic E-state index is 12.6. The third kappa shape index (κ3) is 6.89. The number of nitrogens with one attached hydrogen (secondary N) is 4. The number of halogens is 3. The van der Waals surface area contributed by atoms with E-state index in [4.69, 9.17) is 5.73 Å². The predicted octanol–water partition coefficient (Wildman–Crippen LogP) is 3.54. The first-order valence-corrected chi connectivity index (χ1v) is 10.1. The molecule has 33 heavy (non-hydrogen) atoms. The first kappa shape index (κ1) is 24.0. The van der Waals surface area contributed by atoms with Crippen LogP contribution in [-0.2, 0) is 12.7 Å². The number of nitrogens with two attached hydrogens (primary N) is 1. The van der Waals surface area contributed by atoms with Crippen molar-refractivity contribution in [2.24, 2.45) is 5.73 Å². The highest BCUT2D eigenvalue weighted by Crippen LogP contribution is 2.29. The molecule has 1 aromatic heterocycles. The average molecular weight is 460 g/mol. The van der Waals surface area contributed by atoms with Crippen LogP contribution < -0.4 is 27.2 Å². The normalized spacial score (nSPS) is 11.3. The summed E-state index contributed by atoms with van der Waals surface area (Å²) in [6.07, 6.45) is -2.24. The number of hydrogen-bond donors (Lipinski definition) is 5. The van der Waals surface area contributed by atoms with Crippen molar-refractivity contribution in [1.82, 2.24) is 15.3 Å². The van der Waals surface area contributed by atoms with E-state index in [1.165, 1.54) is 6.20 Å². The van der Waals surface area contributed by atoms with E-state index in [1.807, 2.05) is 12.1 Å². The van der Waals surface area contributed by atoms with Crippen LogP contribution in [0.1, 0.15) is 17.5 Å². The lowest BCUT2D eigenvalue weighted by Crippen LogP contribution is -2.23. The Kier molecular flexibility index (Phi) is 7.80. The van der Waals surface area contributed by atoms with Crippen LogP contribution in [0.2, 0.25) is 0 Å². The van der Waals surface area contributed by atoms with Gasteiger partial charge in [0.2, 0.25) is 5.95 Å². The molecule has 2 aromatic carbocycles. The minimum atomic E-state index is -4.46. The number of H-pyrrole nitrogens is 1. The molecule has 1 heterocycles. The summed E-state index contributed by atoms with van der Waals surface area (Å²) >= 11 is 0. The first-order chi connectivity index (χ1) is 15.8. The molecular weight excluding hydrogens is 437 g/mol. The van der Waals surface area contributed by atoms with Crippen molar-refractivity contribution in [3.05, 3.63) is 76.2 Å². The fourth-order valence-electron chi connectivity index (χ4n) is 2.94. The van der Waals surface area contributed by atoms with Gasteiger partial charge in [0.15, 0.2) is 0 Å². The molecule has 2 amide bonds. The zero-order valence-corrected chi connectivity index (χ0v) is 17.5. The summed E-state index contributed by atoms with van der Waals surface area (Å²) in [6, 6.07) is 10.6. The van der Waals surface area contributed by atoms with Crippen LogP contribution >= 0.6 is 0 Å². The summed E-state index contributed by atoms with van der Waals surface area (Å²) in [6.45, 7) is 2.14. The highest BCUT2D eigenvalue weighted by Gasteiger charge is 2.30. The number of rotatable bonds is 8. The van der Waals surface area contributed by atoms with Crippen LogP contribution in [0, 0.1) is 0 Å². The van der Waals surface area contributed by atoms with Gasteiger partial charge in [0, 0.05) is 18.4 Å². The second kappa shape index (κ2) is 10.7. The molecule has 0 fully saturated rings. The van der Waals surface area contributed by atoms with Gasteiger partial charge in [0.1, 0.15) is 0 Å². The lowest BCUT2D eigenvalue weighted by Gasteiger charge is -2.10. The maximum atomic E-state index is 12.6. The van der Waals surface area contributed by atoms with E-state index < -0.39 is 23.3 Å². The van der Waals surface area contributed by atoms with E-state index in [-0.39, 0.29) is 11.6 Å². The van der Waals surface area contributed by atoms with Gasteiger partial charge in [-0.3, -0.25) is 15.1 Å². The van der Waals surface area contributed by atoms with Crippen molar-refractivity contribution in [2.45, 2.75) is 19.1 Å². The SMILES string of the molecule is NCCCNCc1ccc(-c2cnc(NC(=O)Nc3ccc(C(F)(F)F)cc3)[nH]c2=O)cc1. The Labute approximate surface area is 187 Å². The number of amides is 2. The van der Waals surface area contributed by atoms with Crippen molar-refractivity contribution < 1.29 is 18.0 Å². The van der Waals surface area contributed by atoms with Crippen LogP contribution in [-0.4, -0.2) is 29.1 Å². The van der Waals surface area contributed by atoms with Gasteiger partial charge in [-0.25, -0.2) is 9.78 Å². The molecule has 0 atom stereocenters. The topological polar surface area (TPSA) is 125 Å². The molecular formula is C22H23F3N6O2. The van der Waals surface area contributed by atoms with E-state index in [0.717, 1.165) is 42.8 Å². The second-order valence-corrected chi connectivity index (χ2v) is 7.14. The molecule has 0 spiro atoms. The fourth-order valence-corrected chi connectivity index (χ4v) is 2.94. The Balaban J connectivity index is 1.60. The lowest BCUT2D eigenvalue weighted by atomic mass is 10.1. The van der Waals surface area contributed by atoms with E-state index in [9.17, 15) is 22.8 Å². The lowest BCUT2D eigenvalue weighted by molar-refractivity contribution is -0.137. The summed E-state index contributed by atoms with van der Waals surface area (Å²) in [5, 5.41) is 7.98. The van der Waals surface area contributed by atoms with Gasteiger partial charge in [0.25, 0.3) is 5.56 Å². The largest absolute Gasteiger partial charge is 0.416 e. The van der Waals surface area contributed by atoms with E-state index in [2.05, 4.69) is 25.9 Å². The summed E-state index contributed by atoms with van der Waals surface area (Å²) in [7, 11) is 0. The van der Waals surface area contributed by atoms with Crippen molar-refractivity contribution >= 4 is 17.7 Å². The average Bonchev–Trinajstić information content (AvgIpc) is 2.77. The molecule has 8 nitrogen and oxygen atoms in total. The quantitative estimate of drug-likeness (QED) is 0.329. The number of benzene rings is 2. The molecule has 0 aliphatic carbocycles. The Morgan fingerprint density at radius 3 is 2.33 bits per heavy atom. The molecule has 0 saturated heterocycles. The third-order valence-corrected chi connectivity index (χ3v) is 4.65. The first-order valence-electron chi connectivity index (χ1n) is 10.1. The molecule has 0 aliphatic heterocycles. The van der Waals surface area contributed by atoms with Crippen LogP contribution in [0.4, 0.5) is 29.6 Å². The number of hydrogen-bond acceptors (Lipinski definition) is 5. The maximum Gasteiger partial charge on any atom is 0.416 e. The van der Waals surface area contributed by atoms with Crippen molar-refractivity contribution in [3.8, 4) is 11.1 Å². The van der Waals surface area contributed by atoms with E-state index >= 15 is 0 Å². The molecule has 3 rings (SSSR count). The number of aromatic amines is 1. The molecule has 174 valence electrons. The summed E-state index contributed by atoms with van der Waals surface area (Å²) in [5.41, 5.74) is 6.37. The summed E-state index contributed by atoms with van der Waals surface area (Å²) in [5.74, 6) is -0.103. The Hall–Kier alpha value is -3.70. The van der Waals surface area contributed by atoms with Crippen LogP contribution in [0.5, 0.6) is 0 Å². The standard InChI is InChI=1S/C22H23F3N6O2/c23-22(24,25)16-6-8-17(9-7-16)29-21(33)31-20-28-13-18(19(32)30-20)15-4-2-14(3-5-15)12-27-11-1-10-26/h2-9,13,27H,1,10-12,26H2,(H3,28,29,30,31,32,33). The molecule has 6 N–H and O–H groups in total. The molecule has 0 saturated carbocycles. The number of nitrogens with zero attached hydrogens (tertiary/aromatic N) is 1. The minimum absolute atomic E-state index is 0.103. The molecule has 11 heteroatoms. The van der Waals surface area contributed by atoms with Gasteiger partial charge in [-0.15, -0.1) is 0 Å². The van der Waals surface area contributed by atoms with Gasteiger partial charge in [-0.2, -0.15) is 13.2 Å². The van der Waals surface area contributed by atoms with Gasteiger partial charge in [-0.05, 0) is 54.9 Å². The zero-order chi connectivity index (χ0) is 23.8. The zero-order valence-electron chi connectivity index (χ0n) is 17.5. The number of alkyl halides is 3. The highest BCUT2D eigenvalue weighted by molar-refractivity contribution is 5.98. The molecule has 0 unspecified atom stereocenters. The number of aromatic nitrogens is 2. The van der Waals surface area contributed by atoms with Gasteiger partial charge in [0.05, 0.1) is 11.1 Å². The molecule has 3 aromatic rings. The van der Waals surface area contributed by atoms with Crippen LogP contribution in [0.25, 0.3) is 11.1 Å². The molecule has 0 aliphatic rings. The number of carbonyl (C=O) groups excluding carboxylic acids is 1. The van der Waals surface area contributed by atoms with Crippen molar-refractivity contribution in [3.63, 3.8) is 0 Å². The molecule has 0 radical (unpaired) electrons. The fraction of sp³-hybridized carbons (Fsp3) is 0.227. The van der Waals surface area contributed by atoms with Crippen LogP contribution in [0.15, 0.2) is 59.5 Å². The Morgan fingerprint density at radius 1 is 1.03 bits per heavy atom. The molecule has 0 bridgehead atoms. The van der Waals surface area contributed by atoms with E-state index in [0.29, 0.717) is 24.2 Å². The monoisotopic (exact) mass is 460 g/mol.